The maximum Gasteiger partial charge on any atom is 0.418 e. The van der Waals surface area contributed by atoms with E-state index in [-0.39, 0.29) is 17.1 Å². The van der Waals surface area contributed by atoms with Crippen LogP contribution < -0.4 is 10.6 Å². The Hall–Kier alpha value is -3.10. The average molecular weight is 324 g/mol. The van der Waals surface area contributed by atoms with Gasteiger partial charge in [0.25, 0.3) is 5.69 Å². The summed E-state index contributed by atoms with van der Waals surface area (Å²) < 4.78 is 38.6. The van der Waals surface area contributed by atoms with Gasteiger partial charge in [0.05, 0.1) is 16.2 Å². The van der Waals surface area contributed by atoms with Crippen molar-refractivity contribution in [1.29, 1.82) is 5.41 Å². The fourth-order valence-corrected chi connectivity index (χ4v) is 1.85. The Morgan fingerprint density at radius 3 is 2.43 bits per heavy atom. The summed E-state index contributed by atoms with van der Waals surface area (Å²) in [7, 11) is 0. The minimum Gasteiger partial charge on any atom is -0.326 e. The number of rotatable bonds is 3. The second kappa shape index (κ2) is 6.34. The topological polar surface area (TPSA) is 91.0 Å². The second-order valence-corrected chi connectivity index (χ2v) is 4.48. The standard InChI is InChI=1S/C14H11F3N4O2/c15-14(16,17)11-6-1-2-7-12(11)20-13(18)19-9-4-3-5-10(8-9)21(22)23/h1-8H,(H3,18,19,20). The molecule has 2 aromatic rings. The summed E-state index contributed by atoms with van der Waals surface area (Å²) in [6.07, 6.45) is -4.56. The van der Waals surface area contributed by atoms with E-state index in [4.69, 9.17) is 5.41 Å². The third kappa shape index (κ3) is 4.19. The van der Waals surface area contributed by atoms with Gasteiger partial charge in [0, 0.05) is 17.8 Å². The van der Waals surface area contributed by atoms with E-state index in [1.807, 2.05) is 0 Å². The molecule has 9 heteroatoms. The number of nitrogens with zero attached hydrogens (tertiary/aromatic N) is 1. The number of para-hydroxylation sites is 1. The minimum absolute atomic E-state index is 0.196. The molecule has 0 fully saturated rings. The van der Waals surface area contributed by atoms with Crippen LogP contribution in [0.5, 0.6) is 0 Å². The van der Waals surface area contributed by atoms with Crippen LogP contribution >= 0.6 is 0 Å². The number of halogens is 3. The summed E-state index contributed by atoms with van der Waals surface area (Å²) in [4.78, 5) is 10.1. The minimum atomic E-state index is -4.56. The van der Waals surface area contributed by atoms with E-state index in [1.165, 1.54) is 42.5 Å². The summed E-state index contributed by atoms with van der Waals surface area (Å²) in [5, 5.41) is 23.1. The first kappa shape index (κ1) is 16.3. The highest BCUT2D eigenvalue weighted by Crippen LogP contribution is 2.34. The Labute approximate surface area is 128 Å². The number of guanidine groups is 1. The molecule has 0 aliphatic heterocycles. The molecule has 0 unspecified atom stereocenters. The lowest BCUT2D eigenvalue weighted by molar-refractivity contribution is -0.384. The van der Waals surface area contributed by atoms with Gasteiger partial charge >= 0.3 is 6.18 Å². The number of benzene rings is 2. The Bertz CT molecular complexity index is 747. The van der Waals surface area contributed by atoms with Crippen molar-refractivity contribution in [3.63, 3.8) is 0 Å². The van der Waals surface area contributed by atoms with E-state index < -0.39 is 22.6 Å². The molecule has 0 spiro atoms. The van der Waals surface area contributed by atoms with Crippen molar-refractivity contribution in [3.8, 4) is 0 Å². The number of hydrogen-bond acceptors (Lipinski definition) is 3. The Morgan fingerprint density at radius 1 is 1.09 bits per heavy atom. The monoisotopic (exact) mass is 324 g/mol. The normalized spacial score (nSPS) is 10.9. The van der Waals surface area contributed by atoms with E-state index in [2.05, 4.69) is 10.6 Å². The van der Waals surface area contributed by atoms with Crippen LogP contribution in [0.15, 0.2) is 48.5 Å². The molecule has 0 radical (unpaired) electrons. The maximum absolute atomic E-state index is 12.9. The van der Waals surface area contributed by atoms with Crippen LogP contribution in [-0.2, 0) is 6.18 Å². The Morgan fingerprint density at radius 2 is 1.78 bits per heavy atom. The van der Waals surface area contributed by atoms with Crippen LogP contribution in [0, 0.1) is 15.5 Å². The fourth-order valence-electron chi connectivity index (χ4n) is 1.85. The third-order valence-corrected chi connectivity index (χ3v) is 2.82. The van der Waals surface area contributed by atoms with Gasteiger partial charge in [-0.15, -0.1) is 0 Å². The predicted octanol–water partition coefficient (Wildman–Crippen LogP) is 4.07. The van der Waals surface area contributed by atoms with Crippen molar-refractivity contribution in [1.82, 2.24) is 0 Å². The van der Waals surface area contributed by atoms with Crippen molar-refractivity contribution in [3.05, 3.63) is 64.2 Å². The lowest BCUT2D eigenvalue weighted by atomic mass is 10.1. The summed E-state index contributed by atoms with van der Waals surface area (Å²) in [5.41, 5.74) is -1.19. The van der Waals surface area contributed by atoms with Gasteiger partial charge < -0.3 is 10.6 Å². The smallest absolute Gasteiger partial charge is 0.326 e. The highest BCUT2D eigenvalue weighted by atomic mass is 19.4. The van der Waals surface area contributed by atoms with Crippen LogP contribution in [0.3, 0.4) is 0 Å². The molecule has 3 N–H and O–H groups in total. The highest BCUT2D eigenvalue weighted by Gasteiger charge is 2.33. The molecule has 2 aromatic carbocycles. The lowest BCUT2D eigenvalue weighted by Crippen LogP contribution is -2.22. The number of non-ortho nitro benzene ring substituents is 1. The lowest BCUT2D eigenvalue weighted by Gasteiger charge is -2.15. The number of nitro benzene ring substituents is 1. The van der Waals surface area contributed by atoms with Gasteiger partial charge in [-0.1, -0.05) is 18.2 Å². The molecule has 0 atom stereocenters. The first-order valence-corrected chi connectivity index (χ1v) is 6.30. The number of nitro groups is 1. The van der Waals surface area contributed by atoms with Crippen LogP contribution in [0.25, 0.3) is 0 Å². The SMILES string of the molecule is N=C(Nc1cccc([N+](=O)[O-])c1)Nc1ccccc1C(F)(F)F. The summed E-state index contributed by atoms with van der Waals surface area (Å²) in [6, 6.07) is 10.0. The highest BCUT2D eigenvalue weighted by molar-refractivity contribution is 6.02. The van der Waals surface area contributed by atoms with Crippen LogP contribution in [0.2, 0.25) is 0 Å². The number of anilines is 2. The molecule has 6 nitrogen and oxygen atoms in total. The Balaban J connectivity index is 2.15. The van der Waals surface area contributed by atoms with Gasteiger partial charge in [-0.3, -0.25) is 15.5 Å². The number of nitrogens with one attached hydrogen (secondary N) is 3. The van der Waals surface area contributed by atoms with Crippen molar-refractivity contribution >= 4 is 23.0 Å². The zero-order valence-corrected chi connectivity index (χ0v) is 11.5. The summed E-state index contributed by atoms with van der Waals surface area (Å²) >= 11 is 0. The van der Waals surface area contributed by atoms with Crippen molar-refractivity contribution < 1.29 is 18.1 Å². The van der Waals surface area contributed by atoms with Crippen molar-refractivity contribution in [2.24, 2.45) is 0 Å². The van der Waals surface area contributed by atoms with E-state index in [9.17, 15) is 23.3 Å². The first-order chi connectivity index (χ1) is 10.8. The van der Waals surface area contributed by atoms with Gasteiger partial charge in [0.15, 0.2) is 5.96 Å². The van der Waals surface area contributed by atoms with Crippen LogP contribution in [-0.4, -0.2) is 10.9 Å². The van der Waals surface area contributed by atoms with Gasteiger partial charge in [-0.05, 0) is 18.2 Å². The fraction of sp³-hybridized carbons (Fsp3) is 0.0714. The summed E-state index contributed by atoms with van der Waals surface area (Å²) in [5.74, 6) is -0.442. The third-order valence-electron chi connectivity index (χ3n) is 2.82. The molecule has 0 aliphatic carbocycles. The molecular formula is C14H11F3N4O2. The molecular weight excluding hydrogens is 313 g/mol. The zero-order chi connectivity index (χ0) is 17.0. The predicted molar refractivity (Wildman–Crippen MR) is 79.5 cm³/mol. The van der Waals surface area contributed by atoms with E-state index >= 15 is 0 Å². The largest absolute Gasteiger partial charge is 0.418 e. The summed E-state index contributed by atoms with van der Waals surface area (Å²) in [6.45, 7) is 0. The van der Waals surface area contributed by atoms with E-state index in [0.717, 1.165) is 6.07 Å². The molecule has 23 heavy (non-hydrogen) atoms. The van der Waals surface area contributed by atoms with Crippen molar-refractivity contribution in [2.75, 3.05) is 10.6 Å². The van der Waals surface area contributed by atoms with Crippen LogP contribution in [0.4, 0.5) is 30.2 Å². The second-order valence-electron chi connectivity index (χ2n) is 4.48. The molecule has 0 saturated carbocycles. The molecule has 0 aromatic heterocycles. The number of hydrogen-bond donors (Lipinski definition) is 3. The van der Waals surface area contributed by atoms with Gasteiger partial charge in [0.1, 0.15) is 0 Å². The van der Waals surface area contributed by atoms with Gasteiger partial charge in [0.2, 0.25) is 0 Å². The quantitative estimate of drug-likeness (QED) is 0.343. The van der Waals surface area contributed by atoms with Crippen molar-refractivity contribution in [2.45, 2.75) is 6.18 Å². The maximum atomic E-state index is 12.9. The first-order valence-electron chi connectivity index (χ1n) is 6.30. The van der Waals surface area contributed by atoms with E-state index in [1.54, 1.807) is 0 Å². The van der Waals surface area contributed by atoms with Gasteiger partial charge in [-0.2, -0.15) is 13.2 Å². The zero-order valence-electron chi connectivity index (χ0n) is 11.5. The molecule has 0 saturated heterocycles. The van der Waals surface area contributed by atoms with Gasteiger partial charge in [-0.25, -0.2) is 0 Å². The molecule has 2 rings (SSSR count). The average Bonchev–Trinajstić information content (AvgIpc) is 2.46. The van der Waals surface area contributed by atoms with Crippen LogP contribution in [0.1, 0.15) is 5.56 Å². The van der Waals surface area contributed by atoms with E-state index in [0.29, 0.717) is 0 Å². The molecule has 120 valence electrons. The Kier molecular flexibility index (Phi) is 4.49. The molecule has 0 amide bonds. The molecule has 0 aliphatic rings. The molecule has 0 bridgehead atoms. The number of alkyl halides is 3. The molecule has 0 heterocycles.